The smallest absolute Gasteiger partial charge is 0.0961 e. The molecular formula is C14H22N2S. The zero-order chi connectivity index (χ0) is 12.8. The molecule has 2 rings (SSSR count). The second-order valence-corrected chi connectivity index (χ2v) is 5.61. The van der Waals surface area contributed by atoms with Gasteiger partial charge in [0.25, 0.3) is 0 Å². The molecule has 1 aromatic heterocycles. The van der Waals surface area contributed by atoms with Crippen LogP contribution in [-0.4, -0.2) is 4.98 Å². The Morgan fingerprint density at radius 1 is 1.18 bits per heavy atom. The first-order valence-electron chi connectivity index (χ1n) is 6.54. The minimum Gasteiger partial charge on any atom is -0.246 e. The highest BCUT2D eigenvalue weighted by atomic mass is 32.1. The minimum absolute atomic E-state index is 0.295. The lowest BCUT2D eigenvalue weighted by Crippen LogP contribution is -2.11. The van der Waals surface area contributed by atoms with E-state index in [0.29, 0.717) is 11.8 Å². The zero-order valence-electron chi connectivity index (χ0n) is 11.3. The number of rotatable bonds is 1. The van der Waals surface area contributed by atoms with Crippen molar-refractivity contribution in [2.24, 2.45) is 5.92 Å². The third-order valence-electron chi connectivity index (χ3n) is 3.30. The number of aromatic nitrogens is 1. The van der Waals surface area contributed by atoms with Crippen molar-refractivity contribution in [3.63, 3.8) is 0 Å². The first-order chi connectivity index (χ1) is 8.20. The fourth-order valence-electron chi connectivity index (χ4n) is 2.14. The molecule has 1 heterocycles. The van der Waals surface area contributed by atoms with Gasteiger partial charge in [-0.3, -0.25) is 0 Å². The molecule has 0 unspecified atom stereocenters. The Morgan fingerprint density at radius 2 is 1.76 bits per heavy atom. The maximum atomic E-state index is 8.83. The van der Waals surface area contributed by atoms with Gasteiger partial charge in [0.2, 0.25) is 0 Å². The molecule has 1 aliphatic rings. The molecule has 17 heavy (non-hydrogen) atoms. The molecule has 1 saturated carbocycles. The van der Waals surface area contributed by atoms with Gasteiger partial charge in [-0.2, -0.15) is 5.26 Å². The van der Waals surface area contributed by atoms with Gasteiger partial charge in [0.15, 0.2) is 0 Å². The topological polar surface area (TPSA) is 36.7 Å². The number of thiazole rings is 1. The molecule has 1 fully saturated rings. The number of aryl methyl sites for hydroxylation is 2. The third kappa shape index (κ3) is 3.54. The predicted octanol–water partition coefficient (Wildman–Crippen LogP) is 4.58. The van der Waals surface area contributed by atoms with Crippen LogP contribution in [0.15, 0.2) is 0 Å². The summed E-state index contributed by atoms with van der Waals surface area (Å²) in [6.45, 7) is 8.22. The Kier molecular flexibility index (Phi) is 5.64. The van der Waals surface area contributed by atoms with Gasteiger partial charge in [-0.15, -0.1) is 11.3 Å². The van der Waals surface area contributed by atoms with Crippen LogP contribution in [0.5, 0.6) is 0 Å². The third-order valence-corrected chi connectivity index (χ3v) is 4.54. The molecule has 0 atom stereocenters. The van der Waals surface area contributed by atoms with Crippen molar-refractivity contribution < 1.29 is 0 Å². The van der Waals surface area contributed by atoms with Crippen LogP contribution >= 0.6 is 11.3 Å². The van der Waals surface area contributed by atoms with Gasteiger partial charge in [0.1, 0.15) is 0 Å². The molecule has 0 spiro atoms. The monoisotopic (exact) mass is 250 g/mol. The lowest BCUT2D eigenvalue weighted by atomic mass is 9.83. The lowest BCUT2D eigenvalue weighted by molar-refractivity contribution is 0.381. The largest absolute Gasteiger partial charge is 0.246 e. The first kappa shape index (κ1) is 14.2. The molecule has 94 valence electrons. The second-order valence-electron chi connectivity index (χ2n) is 4.37. The number of hydrogen-bond donors (Lipinski definition) is 0. The van der Waals surface area contributed by atoms with E-state index in [1.54, 1.807) is 0 Å². The van der Waals surface area contributed by atoms with Crippen LogP contribution in [0, 0.1) is 31.1 Å². The van der Waals surface area contributed by atoms with Crippen LogP contribution in [0.3, 0.4) is 0 Å². The van der Waals surface area contributed by atoms with Gasteiger partial charge in [0, 0.05) is 16.7 Å². The Morgan fingerprint density at radius 3 is 2.18 bits per heavy atom. The highest BCUT2D eigenvalue weighted by Crippen LogP contribution is 2.37. The Bertz CT molecular complexity index is 362. The van der Waals surface area contributed by atoms with E-state index in [1.807, 2.05) is 25.2 Å². The zero-order valence-corrected chi connectivity index (χ0v) is 12.1. The molecule has 0 radical (unpaired) electrons. The fourth-order valence-corrected chi connectivity index (χ4v) is 3.23. The van der Waals surface area contributed by atoms with E-state index in [4.69, 9.17) is 5.26 Å². The summed E-state index contributed by atoms with van der Waals surface area (Å²) in [5.74, 6) is 0.912. The molecule has 0 aromatic carbocycles. The molecule has 0 N–H and O–H groups in total. The van der Waals surface area contributed by atoms with Gasteiger partial charge in [-0.25, -0.2) is 4.98 Å². The van der Waals surface area contributed by atoms with E-state index in [0.717, 1.165) is 25.7 Å². The van der Waals surface area contributed by atoms with Gasteiger partial charge in [-0.05, 0) is 39.5 Å². The molecule has 0 aliphatic heterocycles. The van der Waals surface area contributed by atoms with Crippen molar-refractivity contribution in [3.05, 3.63) is 15.6 Å². The van der Waals surface area contributed by atoms with E-state index in [-0.39, 0.29) is 0 Å². The maximum absolute atomic E-state index is 8.83. The van der Waals surface area contributed by atoms with Crippen molar-refractivity contribution in [2.75, 3.05) is 0 Å². The maximum Gasteiger partial charge on any atom is 0.0961 e. The Hall–Kier alpha value is -0.880. The second kappa shape index (κ2) is 6.76. The van der Waals surface area contributed by atoms with Crippen LogP contribution in [0.25, 0.3) is 0 Å². The summed E-state index contributed by atoms with van der Waals surface area (Å²) in [6.07, 6.45) is 4.40. The Balaban J connectivity index is 0.000000686. The van der Waals surface area contributed by atoms with Gasteiger partial charge in [0.05, 0.1) is 16.8 Å². The molecule has 1 aromatic rings. The average molecular weight is 250 g/mol. The lowest BCUT2D eigenvalue weighted by Gasteiger charge is -2.22. The fraction of sp³-hybridized carbons (Fsp3) is 0.714. The van der Waals surface area contributed by atoms with E-state index in [9.17, 15) is 0 Å². The van der Waals surface area contributed by atoms with Crippen LogP contribution in [0.4, 0.5) is 0 Å². The highest BCUT2D eigenvalue weighted by Gasteiger charge is 2.24. The summed E-state index contributed by atoms with van der Waals surface area (Å²) in [5.41, 5.74) is 1.18. The van der Waals surface area contributed by atoms with E-state index in [1.165, 1.54) is 15.6 Å². The van der Waals surface area contributed by atoms with E-state index >= 15 is 0 Å². The van der Waals surface area contributed by atoms with Gasteiger partial charge >= 0.3 is 0 Å². The molecule has 0 bridgehead atoms. The van der Waals surface area contributed by atoms with Crippen molar-refractivity contribution in [1.82, 2.24) is 4.98 Å². The van der Waals surface area contributed by atoms with Crippen molar-refractivity contribution >= 4 is 11.3 Å². The molecule has 0 saturated heterocycles. The SMILES string of the molecule is CC.Cc1nc(C2CCC(C#N)CC2)sc1C. The molecule has 1 aliphatic carbocycles. The summed E-state index contributed by atoms with van der Waals surface area (Å²) in [7, 11) is 0. The number of nitriles is 1. The first-order valence-corrected chi connectivity index (χ1v) is 7.36. The van der Waals surface area contributed by atoms with Crippen molar-refractivity contribution in [1.29, 1.82) is 5.26 Å². The van der Waals surface area contributed by atoms with Crippen molar-refractivity contribution in [2.45, 2.75) is 59.3 Å². The summed E-state index contributed by atoms with van der Waals surface area (Å²) in [6, 6.07) is 2.38. The van der Waals surface area contributed by atoms with Crippen molar-refractivity contribution in [3.8, 4) is 6.07 Å². The van der Waals surface area contributed by atoms with E-state index < -0.39 is 0 Å². The average Bonchev–Trinajstić information content (AvgIpc) is 2.72. The highest BCUT2D eigenvalue weighted by molar-refractivity contribution is 7.11. The summed E-state index contributed by atoms with van der Waals surface area (Å²) in [4.78, 5) is 5.96. The molecule has 2 nitrogen and oxygen atoms in total. The van der Waals surface area contributed by atoms with Gasteiger partial charge in [-0.1, -0.05) is 13.8 Å². The number of nitrogens with zero attached hydrogens (tertiary/aromatic N) is 2. The quantitative estimate of drug-likeness (QED) is 0.731. The molecule has 3 heteroatoms. The van der Waals surface area contributed by atoms with Crippen LogP contribution in [-0.2, 0) is 0 Å². The van der Waals surface area contributed by atoms with Gasteiger partial charge < -0.3 is 0 Å². The molecule has 0 amide bonds. The standard InChI is InChI=1S/C12H16N2S.C2H6/c1-8-9(2)15-12(14-8)11-5-3-10(7-13)4-6-11;1-2/h10-11H,3-6H2,1-2H3;1-2H3. The van der Waals surface area contributed by atoms with Crippen LogP contribution < -0.4 is 0 Å². The summed E-state index contributed by atoms with van der Waals surface area (Å²) < 4.78 is 0. The van der Waals surface area contributed by atoms with Crippen LogP contribution in [0.1, 0.15) is 61.0 Å². The van der Waals surface area contributed by atoms with E-state index in [2.05, 4.69) is 24.9 Å². The normalized spacial score (nSPS) is 23.5. The van der Waals surface area contributed by atoms with Crippen LogP contribution in [0.2, 0.25) is 0 Å². The minimum atomic E-state index is 0.295. The Labute approximate surface area is 109 Å². The predicted molar refractivity (Wildman–Crippen MR) is 73.2 cm³/mol. The summed E-state index contributed by atoms with van der Waals surface area (Å²) >= 11 is 1.84. The summed E-state index contributed by atoms with van der Waals surface area (Å²) in [5, 5.41) is 10.1. The number of hydrogen-bond acceptors (Lipinski definition) is 3. The molecular weight excluding hydrogens is 228 g/mol.